The van der Waals surface area contributed by atoms with Gasteiger partial charge in [0.15, 0.2) is 23.0 Å². The number of rotatable bonds is 3. The second-order valence-electron chi connectivity index (χ2n) is 7.48. The van der Waals surface area contributed by atoms with E-state index in [0.717, 1.165) is 11.1 Å². The Labute approximate surface area is 193 Å². The fourth-order valence-corrected chi connectivity index (χ4v) is 3.87. The summed E-state index contributed by atoms with van der Waals surface area (Å²) in [6.07, 6.45) is -2.46. The third kappa shape index (κ3) is 3.80. The molecule has 2 unspecified atom stereocenters. The molecule has 0 bridgehead atoms. The van der Waals surface area contributed by atoms with Gasteiger partial charge >= 0.3 is 38.8 Å². The standard InChI is InChI=1S/C11H11BO6.C9H7BO6/c1-2-15-10(13)11-17-7-4-3-6-5-16-12(14)8(6)9(7)18-11;11-8(12)9-15-5-2-1-4-3-14-10(13)6(4)7(5)16-9/h3-4,11,14H,2,5H2,1H3;1-2,9,13H,3H2,(H,11,12). The number of hydrogen-bond donors (Lipinski definition) is 3. The number of fused-ring (bicyclic) bond motifs is 6. The van der Waals surface area contributed by atoms with E-state index in [-0.39, 0.29) is 19.0 Å². The van der Waals surface area contributed by atoms with Crippen molar-refractivity contribution in [2.24, 2.45) is 0 Å². The van der Waals surface area contributed by atoms with Gasteiger partial charge in [-0.3, -0.25) is 0 Å². The SMILES string of the molecule is CCOC(=O)C1Oc2ccc3c(c2O1)B(O)OC3.O=C(O)C1Oc2ccc3c(c2O1)B(O)OC3. The van der Waals surface area contributed by atoms with Crippen molar-refractivity contribution < 1.29 is 57.7 Å². The average molecular weight is 472 g/mol. The Kier molecular flexibility index (Phi) is 5.73. The van der Waals surface area contributed by atoms with E-state index in [0.29, 0.717) is 34.8 Å². The highest BCUT2D eigenvalue weighted by atomic mass is 16.7. The third-order valence-electron chi connectivity index (χ3n) is 5.39. The van der Waals surface area contributed by atoms with Crippen LogP contribution < -0.4 is 29.9 Å². The molecule has 12 nitrogen and oxygen atoms in total. The van der Waals surface area contributed by atoms with Crippen LogP contribution >= 0.6 is 0 Å². The van der Waals surface area contributed by atoms with Crippen molar-refractivity contribution in [1.82, 2.24) is 0 Å². The second kappa shape index (κ2) is 8.72. The molecular weight excluding hydrogens is 454 g/mol. The third-order valence-corrected chi connectivity index (χ3v) is 5.39. The fourth-order valence-electron chi connectivity index (χ4n) is 3.87. The number of esters is 1. The quantitative estimate of drug-likeness (QED) is 0.357. The van der Waals surface area contributed by atoms with E-state index in [9.17, 15) is 19.6 Å². The first-order valence-corrected chi connectivity index (χ1v) is 10.3. The van der Waals surface area contributed by atoms with Crippen LogP contribution in [0.1, 0.15) is 18.1 Å². The number of benzene rings is 2. The molecule has 2 atom stereocenters. The van der Waals surface area contributed by atoms with Crippen LogP contribution in [0.3, 0.4) is 0 Å². The monoisotopic (exact) mass is 472 g/mol. The maximum atomic E-state index is 11.5. The lowest BCUT2D eigenvalue weighted by Gasteiger charge is -2.08. The molecule has 0 spiro atoms. The first kappa shape index (κ1) is 22.3. The zero-order chi connectivity index (χ0) is 24.0. The van der Waals surface area contributed by atoms with Gasteiger partial charge in [0.1, 0.15) is 0 Å². The van der Waals surface area contributed by atoms with Crippen molar-refractivity contribution in [2.45, 2.75) is 32.7 Å². The van der Waals surface area contributed by atoms with Crippen LogP contribution in [-0.4, -0.2) is 60.5 Å². The first-order chi connectivity index (χ1) is 16.4. The van der Waals surface area contributed by atoms with Gasteiger partial charge in [0.05, 0.1) is 19.8 Å². The molecule has 2 aromatic carbocycles. The number of ether oxygens (including phenoxy) is 5. The summed E-state index contributed by atoms with van der Waals surface area (Å²) < 4.78 is 35.8. The Morgan fingerprint density at radius 1 is 0.882 bits per heavy atom. The number of hydrogen-bond acceptors (Lipinski definition) is 11. The van der Waals surface area contributed by atoms with Crippen molar-refractivity contribution in [3.63, 3.8) is 0 Å². The molecule has 176 valence electrons. The minimum Gasteiger partial charge on any atom is -0.476 e. The summed E-state index contributed by atoms with van der Waals surface area (Å²) in [6.45, 7) is 2.56. The summed E-state index contributed by atoms with van der Waals surface area (Å²) in [6, 6.07) is 6.80. The molecule has 0 radical (unpaired) electrons. The number of carbonyl (C=O) groups is 2. The Bertz CT molecular complexity index is 1150. The molecule has 0 amide bonds. The van der Waals surface area contributed by atoms with Crippen LogP contribution in [0, 0.1) is 0 Å². The number of carbonyl (C=O) groups excluding carboxylic acids is 1. The lowest BCUT2D eigenvalue weighted by Crippen LogP contribution is -2.33. The normalized spacial score (nSPS) is 20.4. The zero-order valence-corrected chi connectivity index (χ0v) is 17.8. The Balaban J connectivity index is 0.000000142. The van der Waals surface area contributed by atoms with Gasteiger partial charge in [-0.2, -0.15) is 0 Å². The summed E-state index contributed by atoms with van der Waals surface area (Å²) in [5.41, 5.74) is 2.59. The topological polar surface area (TPSA) is 159 Å². The first-order valence-electron chi connectivity index (χ1n) is 10.3. The predicted molar refractivity (Wildman–Crippen MR) is 112 cm³/mol. The van der Waals surface area contributed by atoms with E-state index in [4.69, 9.17) is 38.1 Å². The maximum Gasteiger partial charge on any atom is 0.495 e. The Morgan fingerprint density at radius 2 is 1.38 bits per heavy atom. The lowest BCUT2D eigenvalue weighted by molar-refractivity contribution is -0.161. The van der Waals surface area contributed by atoms with Crippen molar-refractivity contribution in [3.8, 4) is 23.0 Å². The molecule has 4 heterocycles. The maximum absolute atomic E-state index is 11.5. The number of aliphatic carboxylic acids is 1. The largest absolute Gasteiger partial charge is 0.495 e. The van der Waals surface area contributed by atoms with Gasteiger partial charge in [0.25, 0.3) is 0 Å². The summed E-state index contributed by atoms with van der Waals surface area (Å²) in [5, 5.41) is 28.0. The Morgan fingerprint density at radius 3 is 1.88 bits per heavy atom. The van der Waals surface area contributed by atoms with E-state index < -0.39 is 38.8 Å². The van der Waals surface area contributed by atoms with Gasteiger partial charge in [-0.05, 0) is 30.2 Å². The highest BCUT2D eigenvalue weighted by molar-refractivity contribution is 6.63. The lowest BCUT2D eigenvalue weighted by atomic mass is 9.78. The molecule has 34 heavy (non-hydrogen) atoms. The van der Waals surface area contributed by atoms with E-state index in [1.807, 2.05) is 0 Å². The number of carboxylic acids is 1. The van der Waals surface area contributed by atoms with Crippen LogP contribution in [0.2, 0.25) is 0 Å². The molecule has 3 N–H and O–H groups in total. The molecule has 0 saturated heterocycles. The van der Waals surface area contributed by atoms with Crippen LogP contribution in [0.25, 0.3) is 0 Å². The Hall–Kier alpha value is -3.45. The highest BCUT2D eigenvalue weighted by Gasteiger charge is 2.41. The van der Waals surface area contributed by atoms with Crippen molar-refractivity contribution in [3.05, 3.63) is 35.4 Å². The van der Waals surface area contributed by atoms with Gasteiger partial charge in [-0.25, -0.2) is 9.59 Å². The second-order valence-corrected chi connectivity index (χ2v) is 7.48. The molecule has 6 rings (SSSR count). The highest BCUT2D eigenvalue weighted by Crippen LogP contribution is 2.37. The molecule has 2 aromatic rings. The molecule has 0 aliphatic carbocycles. The molecule has 14 heteroatoms. The van der Waals surface area contributed by atoms with Crippen LogP contribution in [0.5, 0.6) is 23.0 Å². The molecular formula is C20H18B2O12. The molecule has 4 aliphatic heterocycles. The van der Waals surface area contributed by atoms with Gasteiger partial charge in [-0.1, -0.05) is 12.1 Å². The summed E-state index contributed by atoms with van der Waals surface area (Å²) in [4.78, 5) is 22.2. The smallest absolute Gasteiger partial charge is 0.476 e. The molecule has 4 aliphatic rings. The van der Waals surface area contributed by atoms with Gasteiger partial charge in [0.2, 0.25) is 0 Å². The van der Waals surface area contributed by atoms with E-state index in [2.05, 4.69) is 0 Å². The minimum absolute atomic E-state index is 0.252. The number of carboxylic acid groups (broad SMARTS) is 1. The summed E-state index contributed by atoms with van der Waals surface area (Å²) >= 11 is 0. The van der Waals surface area contributed by atoms with Crippen molar-refractivity contribution >= 4 is 37.1 Å². The van der Waals surface area contributed by atoms with E-state index >= 15 is 0 Å². The minimum atomic E-state index is -1.35. The fraction of sp³-hybridized carbons (Fsp3) is 0.300. The van der Waals surface area contributed by atoms with E-state index in [1.165, 1.54) is 0 Å². The van der Waals surface area contributed by atoms with Crippen molar-refractivity contribution in [1.29, 1.82) is 0 Å². The molecule has 0 saturated carbocycles. The van der Waals surface area contributed by atoms with Gasteiger partial charge in [0, 0.05) is 10.9 Å². The van der Waals surface area contributed by atoms with Crippen LogP contribution in [0.4, 0.5) is 0 Å². The van der Waals surface area contributed by atoms with Gasteiger partial charge in [-0.15, -0.1) is 0 Å². The average Bonchev–Trinajstić information content (AvgIpc) is 3.58. The van der Waals surface area contributed by atoms with Crippen LogP contribution in [-0.2, 0) is 36.8 Å². The summed E-state index contributed by atoms with van der Waals surface area (Å²) in [5.74, 6) is -0.452. The zero-order valence-electron chi connectivity index (χ0n) is 17.8. The van der Waals surface area contributed by atoms with Gasteiger partial charge < -0.3 is 48.1 Å². The van der Waals surface area contributed by atoms with E-state index in [1.54, 1.807) is 31.2 Å². The van der Waals surface area contributed by atoms with Crippen molar-refractivity contribution in [2.75, 3.05) is 6.61 Å². The molecule has 0 fully saturated rings. The predicted octanol–water partition coefficient (Wildman–Crippen LogP) is -1.35. The molecule has 0 aromatic heterocycles. The summed E-state index contributed by atoms with van der Waals surface area (Å²) in [7, 11) is -2.12. The van der Waals surface area contributed by atoms with Crippen LogP contribution in [0.15, 0.2) is 24.3 Å².